The number of nitrogens with one attached hydrogen (secondary N) is 2. The summed E-state index contributed by atoms with van der Waals surface area (Å²) in [6.07, 6.45) is -2.32. The number of aromatic nitrogens is 4. The van der Waals surface area contributed by atoms with Crippen molar-refractivity contribution in [2.24, 2.45) is 0 Å². The molecule has 0 saturated carbocycles. The molecule has 34 heavy (non-hydrogen) atoms. The van der Waals surface area contributed by atoms with Crippen LogP contribution in [0.1, 0.15) is 27.3 Å². The van der Waals surface area contributed by atoms with Crippen LogP contribution in [-0.2, 0) is 12.6 Å². The van der Waals surface area contributed by atoms with Gasteiger partial charge in [0.25, 0.3) is 5.91 Å². The second-order valence-electron chi connectivity index (χ2n) is 7.77. The molecular formula is C23H17ClF3N5OS. The third kappa shape index (κ3) is 4.03. The Bertz CT molecular complexity index is 1520. The number of halogens is 4. The van der Waals surface area contributed by atoms with Gasteiger partial charge in [0.1, 0.15) is 5.02 Å². The van der Waals surface area contributed by atoms with Crippen LogP contribution in [0.4, 0.5) is 13.2 Å². The molecular weight excluding hydrogens is 487 g/mol. The zero-order valence-electron chi connectivity index (χ0n) is 17.7. The number of rotatable bonds is 5. The molecule has 4 heterocycles. The molecule has 5 aromatic rings. The SMILES string of the molecule is Cc1ccc2[nH]cc(CCNC(=O)c3nn4c(C(F)(F)F)cc(-c5cccs5)nc4c3Cl)c2c1. The van der Waals surface area contributed by atoms with E-state index in [4.69, 9.17) is 11.6 Å². The van der Waals surface area contributed by atoms with Gasteiger partial charge < -0.3 is 10.3 Å². The second-order valence-corrected chi connectivity index (χ2v) is 9.09. The minimum Gasteiger partial charge on any atom is -0.361 e. The summed E-state index contributed by atoms with van der Waals surface area (Å²) >= 11 is 7.56. The van der Waals surface area contributed by atoms with Crippen molar-refractivity contribution >= 4 is 45.4 Å². The number of aryl methyl sites for hydroxylation is 1. The number of fused-ring (bicyclic) bond motifs is 2. The van der Waals surface area contributed by atoms with Gasteiger partial charge in [0, 0.05) is 23.6 Å². The molecule has 0 unspecified atom stereocenters. The fourth-order valence-electron chi connectivity index (χ4n) is 3.78. The number of alkyl halides is 3. The molecule has 1 aromatic carbocycles. The van der Waals surface area contributed by atoms with Crippen molar-refractivity contribution in [1.29, 1.82) is 0 Å². The van der Waals surface area contributed by atoms with Crippen molar-refractivity contribution in [2.75, 3.05) is 6.54 Å². The van der Waals surface area contributed by atoms with Crippen LogP contribution in [0.3, 0.4) is 0 Å². The van der Waals surface area contributed by atoms with Crippen molar-refractivity contribution in [3.63, 3.8) is 0 Å². The Morgan fingerprint density at radius 3 is 2.82 bits per heavy atom. The quantitative estimate of drug-likeness (QED) is 0.314. The Balaban J connectivity index is 1.43. The minimum absolute atomic E-state index is 0.109. The summed E-state index contributed by atoms with van der Waals surface area (Å²) in [7, 11) is 0. The lowest BCUT2D eigenvalue weighted by Crippen LogP contribution is -2.26. The van der Waals surface area contributed by atoms with E-state index in [0.29, 0.717) is 15.8 Å². The predicted molar refractivity (Wildman–Crippen MR) is 125 cm³/mol. The summed E-state index contributed by atoms with van der Waals surface area (Å²) in [6.45, 7) is 2.25. The molecule has 1 amide bonds. The van der Waals surface area contributed by atoms with Gasteiger partial charge in [0.05, 0.1) is 10.6 Å². The van der Waals surface area contributed by atoms with E-state index < -0.39 is 17.8 Å². The fourth-order valence-corrected chi connectivity index (χ4v) is 4.71. The largest absolute Gasteiger partial charge is 0.433 e. The van der Waals surface area contributed by atoms with Gasteiger partial charge in [-0.05, 0) is 48.6 Å². The number of amides is 1. The van der Waals surface area contributed by atoms with Crippen molar-refractivity contribution in [3.05, 3.63) is 75.5 Å². The van der Waals surface area contributed by atoms with E-state index in [1.807, 2.05) is 25.3 Å². The average molecular weight is 504 g/mol. The van der Waals surface area contributed by atoms with E-state index in [1.165, 1.54) is 11.3 Å². The van der Waals surface area contributed by atoms with E-state index in [2.05, 4.69) is 26.4 Å². The lowest BCUT2D eigenvalue weighted by atomic mass is 10.1. The number of hydrogen-bond donors (Lipinski definition) is 2. The zero-order chi connectivity index (χ0) is 24.0. The molecule has 2 N–H and O–H groups in total. The highest BCUT2D eigenvalue weighted by Crippen LogP contribution is 2.35. The highest BCUT2D eigenvalue weighted by molar-refractivity contribution is 7.13. The van der Waals surface area contributed by atoms with Crippen molar-refractivity contribution in [1.82, 2.24) is 24.9 Å². The lowest BCUT2D eigenvalue weighted by Gasteiger charge is -2.10. The van der Waals surface area contributed by atoms with Crippen LogP contribution >= 0.6 is 22.9 Å². The van der Waals surface area contributed by atoms with Gasteiger partial charge in [0.2, 0.25) is 0 Å². The number of H-pyrrole nitrogens is 1. The number of nitrogens with zero attached hydrogens (tertiary/aromatic N) is 3. The Kier molecular flexibility index (Phi) is 5.57. The van der Waals surface area contributed by atoms with Gasteiger partial charge in [-0.25, -0.2) is 9.50 Å². The molecule has 0 aliphatic carbocycles. The Morgan fingerprint density at radius 2 is 2.09 bits per heavy atom. The Hall–Kier alpha value is -3.37. The maximum Gasteiger partial charge on any atom is 0.433 e. The van der Waals surface area contributed by atoms with Crippen molar-refractivity contribution in [3.8, 4) is 10.6 Å². The first-order valence-electron chi connectivity index (χ1n) is 10.3. The molecule has 4 aromatic heterocycles. The molecule has 0 aliphatic heterocycles. The fraction of sp³-hybridized carbons (Fsp3) is 0.174. The van der Waals surface area contributed by atoms with Crippen LogP contribution in [0.15, 0.2) is 48.0 Å². The van der Waals surface area contributed by atoms with Crippen LogP contribution < -0.4 is 5.32 Å². The van der Waals surface area contributed by atoms with Gasteiger partial charge in [0.15, 0.2) is 17.0 Å². The summed E-state index contributed by atoms with van der Waals surface area (Å²) in [5.74, 6) is -0.669. The third-order valence-corrected chi connectivity index (χ3v) is 6.66. The van der Waals surface area contributed by atoms with Crippen molar-refractivity contribution < 1.29 is 18.0 Å². The molecule has 0 radical (unpaired) electrons. The monoisotopic (exact) mass is 503 g/mol. The molecule has 5 rings (SSSR count). The van der Waals surface area contributed by atoms with Gasteiger partial charge in [-0.15, -0.1) is 11.3 Å². The predicted octanol–water partition coefficient (Wildman–Crippen LogP) is 5.89. The maximum atomic E-state index is 13.8. The van der Waals surface area contributed by atoms with E-state index >= 15 is 0 Å². The average Bonchev–Trinajstić information content (AvgIpc) is 3.52. The number of carbonyl (C=O) groups is 1. The zero-order valence-corrected chi connectivity index (χ0v) is 19.3. The minimum atomic E-state index is -4.72. The first-order chi connectivity index (χ1) is 16.2. The topological polar surface area (TPSA) is 75.1 Å². The summed E-state index contributed by atoms with van der Waals surface area (Å²) in [6, 6.07) is 10.3. The lowest BCUT2D eigenvalue weighted by molar-refractivity contribution is -0.142. The van der Waals surface area contributed by atoms with Crippen LogP contribution in [0.2, 0.25) is 5.02 Å². The highest BCUT2D eigenvalue weighted by Gasteiger charge is 2.36. The number of aromatic amines is 1. The normalized spacial score (nSPS) is 12.0. The van der Waals surface area contributed by atoms with E-state index in [-0.39, 0.29) is 28.6 Å². The van der Waals surface area contributed by atoms with E-state index in [9.17, 15) is 18.0 Å². The molecule has 0 aliphatic rings. The molecule has 0 bridgehead atoms. The number of benzene rings is 1. The van der Waals surface area contributed by atoms with Crippen LogP contribution in [-0.4, -0.2) is 32.0 Å². The molecule has 0 saturated heterocycles. The van der Waals surface area contributed by atoms with Gasteiger partial charge in [-0.2, -0.15) is 18.3 Å². The number of hydrogen-bond acceptors (Lipinski definition) is 4. The van der Waals surface area contributed by atoms with Crippen LogP contribution in [0.5, 0.6) is 0 Å². The van der Waals surface area contributed by atoms with Crippen LogP contribution in [0, 0.1) is 6.92 Å². The van der Waals surface area contributed by atoms with E-state index in [1.54, 1.807) is 17.5 Å². The summed E-state index contributed by atoms with van der Waals surface area (Å²) in [5, 5.41) is 9.12. The molecule has 0 spiro atoms. The highest BCUT2D eigenvalue weighted by atomic mass is 35.5. The number of carbonyl (C=O) groups excluding carboxylic acids is 1. The molecule has 6 nitrogen and oxygen atoms in total. The first kappa shape index (κ1) is 22.4. The smallest absolute Gasteiger partial charge is 0.361 e. The van der Waals surface area contributed by atoms with Gasteiger partial charge in [-0.3, -0.25) is 4.79 Å². The molecule has 0 atom stereocenters. The molecule has 174 valence electrons. The Labute approximate surface area is 200 Å². The summed E-state index contributed by atoms with van der Waals surface area (Å²) in [4.78, 5) is 20.8. The van der Waals surface area contributed by atoms with E-state index in [0.717, 1.165) is 28.1 Å². The standard InChI is InChI=1S/C23H17ClF3N5OS/c1-12-4-5-15-14(9-12)13(11-29-15)6-7-28-22(33)20-19(24)21-30-16(17-3-2-8-34-17)10-18(23(25,26)27)32(21)31-20/h2-5,8-11,29H,6-7H2,1H3,(H,28,33). The van der Waals surface area contributed by atoms with Crippen LogP contribution in [0.25, 0.3) is 27.1 Å². The molecule has 11 heteroatoms. The second kappa shape index (κ2) is 8.44. The number of thiophene rings is 1. The Morgan fingerprint density at radius 1 is 1.26 bits per heavy atom. The van der Waals surface area contributed by atoms with Gasteiger partial charge >= 0.3 is 6.18 Å². The molecule has 0 fully saturated rings. The van der Waals surface area contributed by atoms with Crippen molar-refractivity contribution in [2.45, 2.75) is 19.5 Å². The maximum absolute atomic E-state index is 13.8. The van der Waals surface area contributed by atoms with Gasteiger partial charge in [-0.1, -0.05) is 29.3 Å². The first-order valence-corrected chi connectivity index (χ1v) is 11.5. The third-order valence-electron chi connectivity index (χ3n) is 5.41. The summed E-state index contributed by atoms with van der Waals surface area (Å²) in [5.41, 5.74) is 1.64. The summed E-state index contributed by atoms with van der Waals surface area (Å²) < 4.78 is 41.9.